The summed E-state index contributed by atoms with van der Waals surface area (Å²) < 4.78 is 10.9. The molecule has 0 radical (unpaired) electrons. The van der Waals surface area contributed by atoms with E-state index >= 15 is 0 Å². The SMILES string of the molecule is CCC(C)c1ccc(C)cc1.Cc1sc(C)c2c1OCCO2. The lowest BCUT2D eigenvalue weighted by Gasteiger charge is -2.15. The number of ether oxygens (including phenoxy) is 2. The van der Waals surface area contributed by atoms with Gasteiger partial charge in [-0.05, 0) is 38.7 Å². The van der Waals surface area contributed by atoms with Crippen LogP contribution in [0.2, 0.25) is 0 Å². The number of rotatable bonds is 2. The molecule has 0 saturated heterocycles. The molecule has 1 aliphatic heterocycles. The van der Waals surface area contributed by atoms with Gasteiger partial charge in [0.25, 0.3) is 0 Å². The summed E-state index contributed by atoms with van der Waals surface area (Å²) in [5.41, 5.74) is 2.80. The van der Waals surface area contributed by atoms with Crippen molar-refractivity contribution in [1.29, 1.82) is 0 Å². The van der Waals surface area contributed by atoms with Gasteiger partial charge in [-0.2, -0.15) is 0 Å². The van der Waals surface area contributed by atoms with Gasteiger partial charge in [0.05, 0.1) is 0 Å². The smallest absolute Gasteiger partial charge is 0.175 e. The van der Waals surface area contributed by atoms with E-state index in [4.69, 9.17) is 9.47 Å². The van der Waals surface area contributed by atoms with Gasteiger partial charge in [-0.1, -0.05) is 43.7 Å². The minimum Gasteiger partial charge on any atom is -0.485 e. The molecule has 3 heteroatoms. The van der Waals surface area contributed by atoms with Crippen molar-refractivity contribution in [3.05, 3.63) is 45.1 Å². The van der Waals surface area contributed by atoms with E-state index in [1.165, 1.54) is 27.3 Å². The second-order valence-corrected chi connectivity index (χ2v) is 7.22. The number of thiophene rings is 1. The zero-order valence-electron chi connectivity index (χ0n) is 14.2. The molecule has 1 aliphatic rings. The van der Waals surface area contributed by atoms with Gasteiger partial charge in [0.2, 0.25) is 0 Å². The molecule has 1 atom stereocenters. The third kappa shape index (κ3) is 4.04. The van der Waals surface area contributed by atoms with Crippen molar-refractivity contribution < 1.29 is 9.47 Å². The Morgan fingerprint density at radius 1 is 0.955 bits per heavy atom. The Labute approximate surface area is 138 Å². The van der Waals surface area contributed by atoms with E-state index in [0.717, 1.165) is 11.5 Å². The summed E-state index contributed by atoms with van der Waals surface area (Å²) in [6.45, 7) is 12.1. The predicted octanol–water partition coefficient (Wildman–Crippen LogP) is 5.64. The summed E-state index contributed by atoms with van der Waals surface area (Å²) in [4.78, 5) is 2.44. The van der Waals surface area contributed by atoms with E-state index in [2.05, 4.69) is 58.9 Å². The van der Waals surface area contributed by atoms with Gasteiger partial charge in [0.1, 0.15) is 13.2 Å². The van der Waals surface area contributed by atoms with Crippen molar-refractivity contribution in [2.75, 3.05) is 13.2 Å². The maximum Gasteiger partial charge on any atom is 0.175 e. The Morgan fingerprint density at radius 3 is 1.91 bits per heavy atom. The summed E-state index contributed by atoms with van der Waals surface area (Å²) in [6.07, 6.45) is 1.23. The highest BCUT2D eigenvalue weighted by Gasteiger charge is 2.19. The summed E-state index contributed by atoms with van der Waals surface area (Å²) in [5.74, 6) is 2.62. The summed E-state index contributed by atoms with van der Waals surface area (Å²) in [5, 5.41) is 0. The highest BCUT2D eigenvalue weighted by molar-refractivity contribution is 7.12. The number of hydrogen-bond acceptors (Lipinski definition) is 3. The van der Waals surface area contributed by atoms with Crippen molar-refractivity contribution in [2.45, 2.75) is 47.0 Å². The molecule has 1 unspecified atom stereocenters. The highest BCUT2D eigenvalue weighted by Crippen LogP contribution is 2.42. The molecule has 0 spiro atoms. The second-order valence-electron chi connectivity index (χ2n) is 5.79. The van der Waals surface area contributed by atoms with Crippen LogP contribution in [0.25, 0.3) is 0 Å². The minimum absolute atomic E-state index is 0.685. The highest BCUT2D eigenvalue weighted by atomic mass is 32.1. The standard InChI is InChI=1S/C11H16.C8H10O2S/c1-4-10(3)11-7-5-9(2)6-8-11;1-5-7-8(6(2)11-5)10-4-3-9-7/h5-8,10H,4H2,1-3H3;3-4H2,1-2H3. The van der Waals surface area contributed by atoms with E-state index in [1.807, 2.05) is 0 Å². The van der Waals surface area contributed by atoms with E-state index in [-0.39, 0.29) is 0 Å². The lowest BCUT2D eigenvalue weighted by Crippen LogP contribution is -2.14. The molecular formula is C19H26O2S. The van der Waals surface area contributed by atoms with Crippen molar-refractivity contribution in [1.82, 2.24) is 0 Å². The van der Waals surface area contributed by atoms with Gasteiger partial charge >= 0.3 is 0 Å². The van der Waals surface area contributed by atoms with Crippen LogP contribution < -0.4 is 9.47 Å². The molecule has 1 aromatic heterocycles. The number of benzene rings is 1. The first kappa shape index (κ1) is 16.9. The van der Waals surface area contributed by atoms with Crippen molar-refractivity contribution >= 4 is 11.3 Å². The Morgan fingerprint density at radius 2 is 1.45 bits per heavy atom. The molecule has 0 saturated carbocycles. The average molecular weight is 318 g/mol. The quantitative estimate of drug-likeness (QED) is 0.713. The number of aryl methyl sites for hydroxylation is 3. The number of hydrogen-bond donors (Lipinski definition) is 0. The maximum atomic E-state index is 5.46. The number of fused-ring (bicyclic) bond motifs is 1. The molecule has 22 heavy (non-hydrogen) atoms. The molecule has 0 aliphatic carbocycles. The van der Waals surface area contributed by atoms with Crippen molar-refractivity contribution in [2.24, 2.45) is 0 Å². The van der Waals surface area contributed by atoms with E-state index in [1.54, 1.807) is 11.3 Å². The fourth-order valence-electron chi connectivity index (χ4n) is 2.39. The second kappa shape index (κ2) is 7.68. The first-order valence-electron chi connectivity index (χ1n) is 7.95. The molecule has 120 valence electrons. The van der Waals surface area contributed by atoms with Crippen LogP contribution in [-0.4, -0.2) is 13.2 Å². The Kier molecular flexibility index (Phi) is 5.90. The fourth-order valence-corrected chi connectivity index (χ4v) is 3.34. The molecule has 0 amide bonds. The normalized spacial score (nSPS) is 14.0. The van der Waals surface area contributed by atoms with Gasteiger partial charge in [-0.3, -0.25) is 0 Å². The largest absolute Gasteiger partial charge is 0.485 e. The van der Waals surface area contributed by atoms with E-state index in [0.29, 0.717) is 19.1 Å². The molecule has 3 rings (SSSR count). The van der Waals surface area contributed by atoms with Crippen LogP contribution >= 0.6 is 11.3 Å². The van der Waals surface area contributed by atoms with Gasteiger partial charge in [-0.15, -0.1) is 11.3 Å². The van der Waals surface area contributed by atoms with Crippen LogP contribution in [0.1, 0.15) is 47.1 Å². The van der Waals surface area contributed by atoms with Gasteiger partial charge < -0.3 is 9.47 Å². The summed E-state index contributed by atoms with van der Waals surface area (Å²) >= 11 is 1.74. The van der Waals surface area contributed by atoms with Crippen LogP contribution in [0.15, 0.2) is 24.3 Å². The molecule has 2 heterocycles. The molecule has 2 aromatic rings. The van der Waals surface area contributed by atoms with Crippen LogP contribution in [0.3, 0.4) is 0 Å². The average Bonchev–Trinajstić information content (AvgIpc) is 2.83. The van der Waals surface area contributed by atoms with Crippen LogP contribution in [0.4, 0.5) is 0 Å². The third-order valence-corrected chi connectivity index (χ3v) is 4.97. The molecule has 0 N–H and O–H groups in total. The van der Waals surface area contributed by atoms with Gasteiger partial charge in [-0.25, -0.2) is 0 Å². The molecule has 1 aromatic carbocycles. The molecule has 0 bridgehead atoms. The topological polar surface area (TPSA) is 18.5 Å². The minimum atomic E-state index is 0.685. The lowest BCUT2D eigenvalue weighted by molar-refractivity contribution is 0.171. The first-order valence-corrected chi connectivity index (χ1v) is 8.76. The zero-order chi connectivity index (χ0) is 16.1. The Bertz CT molecular complexity index is 572. The summed E-state index contributed by atoms with van der Waals surface area (Å²) in [7, 11) is 0. The van der Waals surface area contributed by atoms with Gasteiger partial charge in [0, 0.05) is 9.75 Å². The molecule has 0 fully saturated rings. The first-order chi connectivity index (χ1) is 10.5. The van der Waals surface area contributed by atoms with Gasteiger partial charge in [0.15, 0.2) is 11.5 Å². The monoisotopic (exact) mass is 318 g/mol. The zero-order valence-corrected chi connectivity index (χ0v) is 15.0. The van der Waals surface area contributed by atoms with Crippen molar-refractivity contribution in [3.63, 3.8) is 0 Å². The van der Waals surface area contributed by atoms with Crippen LogP contribution in [0.5, 0.6) is 11.5 Å². The summed E-state index contributed by atoms with van der Waals surface area (Å²) in [6, 6.07) is 8.82. The Hall–Kier alpha value is -1.48. The van der Waals surface area contributed by atoms with E-state index in [9.17, 15) is 0 Å². The lowest BCUT2D eigenvalue weighted by atomic mass is 9.98. The Balaban J connectivity index is 0.000000160. The molecule has 2 nitrogen and oxygen atoms in total. The van der Waals surface area contributed by atoms with Crippen LogP contribution in [-0.2, 0) is 0 Å². The molecular weight excluding hydrogens is 292 g/mol. The van der Waals surface area contributed by atoms with Crippen molar-refractivity contribution in [3.8, 4) is 11.5 Å². The predicted molar refractivity (Wildman–Crippen MR) is 94.7 cm³/mol. The van der Waals surface area contributed by atoms with E-state index < -0.39 is 0 Å². The van der Waals surface area contributed by atoms with Crippen LogP contribution in [0, 0.1) is 20.8 Å². The fraction of sp³-hybridized carbons (Fsp3) is 0.474. The third-order valence-electron chi connectivity index (χ3n) is 3.99. The maximum absolute atomic E-state index is 5.46.